The van der Waals surface area contributed by atoms with Crippen molar-refractivity contribution in [2.75, 3.05) is 38.7 Å². The molecule has 1 aromatic heterocycles. The number of aliphatic carboxylic acids is 1. The maximum absolute atomic E-state index is 13.1. The summed E-state index contributed by atoms with van der Waals surface area (Å²) >= 11 is 0. The number of carboxylic acid groups (broad SMARTS) is 1. The number of hydrogen-bond acceptors (Lipinski definition) is 40. The first kappa shape index (κ1) is 82.5. The number of aliphatic hydroxyl groups is 15. The number of nitrogens with two attached hydrogens (primary N) is 1. The van der Waals surface area contributed by atoms with Crippen molar-refractivity contribution in [1.29, 1.82) is 0 Å². The van der Waals surface area contributed by atoms with Gasteiger partial charge in [-0.2, -0.15) is 4.98 Å². The van der Waals surface area contributed by atoms with E-state index in [9.17, 15) is 125 Å². The molecular formula is C57H82N6O39P-. The van der Waals surface area contributed by atoms with Crippen LogP contribution in [0.4, 0.5) is 5.82 Å². The van der Waals surface area contributed by atoms with Gasteiger partial charge in [-0.05, 0) is 43.0 Å². The minimum absolute atomic E-state index is 0.0651. The van der Waals surface area contributed by atoms with E-state index < -0.39 is 254 Å². The smallest absolute Gasteiger partial charge is 0.364 e. The van der Waals surface area contributed by atoms with Crippen molar-refractivity contribution in [1.82, 2.24) is 25.5 Å². The number of nitrogens with one attached hydrogen (secondary N) is 3. The zero-order valence-electron chi connectivity index (χ0n) is 54.2. The van der Waals surface area contributed by atoms with Crippen molar-refractivity contribution in [2.45, 2.75) is 223 Å². The standard InChI is InChI=1S/C57H83N6O39P/c1-20(68)60-30-36(76)34(74)26(15-64)94-49(30)97-46-39(79)42(82)52(100-54(46)91-19-67)96-43-27(16-65)95-50(31(37(43)77)61-21(2)69)98-45-38(78)41(81)51(99-53(45)90-18-66)89-13-11-59-47(83)23-8-6-22(7-9-23)4-3-5-24(70)32(72)44-33(73)25(71)14-57(101-44,55(84)85)102-103(87,88)92-17-28-35(75)40(80)48(93-28)63-12-10-29(58)62-56(63)86/h6-10,12,18-19,24-28,30-46,48-54,64-65,70-82H,3-5,11,13-17H2,1-2H3,(H,59,83)(H,60,68)(H,61,69)(H,84,85)(H,87,88)(H2,58,62,86)/p-1/t24-,25-,26?,27?,28-,30?,31?,32-,33-,34-,35+,36-,37-,38-,39-,40?,41?,42?,43-,44?,45+,46+,48-,49-,50-,51-,52-,53?,54?,57-/m1/s1. The van der Waals surface area contributed by atoms with Gasteiger partial charge < -0.3 is 170 Å². The summed E-state index contributed by atoms with van der Waals surface area (Å²) in [5.74, 6) is -8.07. The molecule has 6 fully saturated rings. The van der Waals surface area contributed by atoms with Crippen LogP contribution in [0.3, 0.4) is 0 Å². The monoisotopic (exact) mass is 1510 g/mol. The number of rotatable bonds is 32. The summed E-state index contributed by atoms with van der Waals surface area (Å²) < 4.78 is 89.6. The molecule has 45 nitrogen and oxygen atoms in total. The summed E-state index contributed by atoms with van der Waals surface area (Å²) in [4.78, 5) is 103. The first-order chi connectivity index (χ1) is 48.7. The van der Waals surface area contributed by atoms with E-state index in [0.717, 1.165) is 30.7 Å². The fourth-order valence-corrected chi connectivity index (χ4v) is 12.9. The lowest BCUT2D eigenvalue weighted by Crippen LogP contribution is -2.70. The number of amides is 3. The van der Waals surface area contributed by atoms with Gasteiger partial charge >= 0.3 is 11.7 Å². The van der Waals surface area contributed by atoms with Gasteiger partial charge in [-0.3, -0.25) is 37.6 Å². The van der Waals surface area contributed by atoms with Crippen molar-refractivity contribution in [3.05, 3.63) is 58.1 Å². The zero-order chi connectivity index (χ0) is 75.7. The van der Waals surface area contributed by atoms with E-state index in [1.165, 1.54) is 24.3 Å². The molecule has 580 valence electrons. The van der Waals surface area contributed by atoms with Gasteiger partial charge in [0.25, 0.3) is 32.5 Å². The number of phosphoric acid groups is 1. The molecule has 0 spiro atoms. The number of nitrogen functional groups attached to an aromatic ring is 1. The fourth-order valence-electron chi connectivity index (χ4n) is 12.0. The normalized spacial score (nSPS) is 38.8. The highest BCUT2D eigenvalue weighted by Gasteiger charge is 2.60. The molecule has 0 aliphatic carbocycles. The number of aliphatic hydroxyl groups excluding tert-OH is 15. The number of carbonyl (C=O) groups excluding carboxylic acids is 5. The number of aromatic nitrogens is 2. The number of ether oxygens (including phenoxy) is 12. The molecule has 2 aromatic rings. The van der Waals surface area contributed by atoms with Crippen LogP contribution in [0.15, 0.2) is 41.3 Å². The van der Waals surface area contributed by atoms with E-state index in [1.807, 2.05) is 0 Å². The maximum atomic E-state index is 13.1. The zero-order valence-corrected chi connectivity index (χ0v) is 55.1. The predicted molar refractivity (Wildman–Crippen MR) is 320 cm³/mol. The topological polar surface area (TPSA) is 692 Å². The van der Waals surface area contributed by atoms with Gasteiger partial charge in [0.15, 0.2) is 43.6 Å². The molecular weight excluding hydrogens is 1420 g/mol. The number of benzene rings is 1. The van der Waals surface area contributed by atoms with Gasteiger partial charge in [-0.15, -0.1) is 0 Å². The van der Waals surface area contributed by atoms with Crippen LogP contribution in [0.1, 0.15) is 55.3 Å². The number of phosphoric ester groups is 1. The summed E-state index contributed by atoms with van der Waals surface area (Å²) in [6.07, 6.45) is -53.1. The molecule has 31 atom stereocenters. The van der Waals surface area contributed by atoms with E-state index >= 15 is 0 Å². The molecule has 7 heterocycles. The minimum Gasteiger partial charge on any atom is -0.756 e. The second-order valence-corrected chi connectivity index (χ2v) is 25.8. The molecule has 8 rings (SSSR count). The largest absolute Gasteiger partial charge is 0.756 e. The number of anilines is 1. The van der Waals surface area contributed by atoms with Crippen LogP contribution in [-0.4, -0.2) is 339 Å². The SMILES string of the molecule is CC(=O)NC1[C@@H](O[C@@H]2C(OC=O)O[C@@H](O[C@@H]3C(CO)O[C@H](O[C@@H]4C(OC=O)O[C@@H](OCCNC(=O)c5ccc(CCC[C@@H](O)[C@@H](O)C6O[C@](OP(=O)([O-])OC[C@H]7O[C@@H](n8ccc(N)nc8=O)C(O)[C@H]7O)(C(=O)O)C[C@@H](O)[C@H]6O)cc5)C(O)[C@H]4O)C(NC(C)=O)[C@H]3O)C(O)[C@H]2O)OC(CO)[C@@H](O)[C@@H]1O. The van der Waals surface area contributed by atoms with Gasteiger partial charge in [0.1, 0.15) is 116 Å². The van der Waals surface area contributed by atoms with Crippen LogP contribution in [0.25, 0.3) is 0 Å². The van der Waals surface area contributed by atoms with Gasteiger partial charge in [-0.25, -0.2) is 9.59 Å². The first-order valence-electron chi connectivity index (χ1n) is 31.6. The van der Waals surface area contributed by atoms with Crippen LogP contribution < -0.4 is 32.3 Å². The van der Waals surface area contributed by atoms with Gasteiger partial charge in [-0.1, -0.05) is 12.1 Å². The Bertz CT molecular complexity index is 3280. The summed E-state index contributed by atoms with van der Waals surface area (Å²) in [6, 6.07) is 3.61. The lowest BCUT2D eigenvalue weighted by Gasteiger charge is -2.49. The highest BCUT2D eigenvalue weighted by molar-refractivity contribution is 7.46. The fraction of sp³-hybridized carbons (Fsp3) is 0.719. The summed E-state index contributed by atoms with van der Waals surface area (Å²) in [5.41, 5.74) is 5.14. The number of carbonyl (C=O) groups is 6. The quantitative estimate of drug-likeness (QED) is 0.0184. The third-order valence-corrected chi connectivity index (χ3v) is 18.3. The molecule has 6 aliphatic heterocycles. The Kier molecular flexibility index (Phi) is 28.8. The van der Waals surface area contributed by atoms with Gasteiger partial charge in [0.05, 0.1) is 38.6 Å². The Morgan fingerprint density at radius 2 is 1.25 bits per heavy atom. The highest BCUT2D eigenvalue weighted by Crippen LogP contribution is 2.49. The molecule has 103 heavy (non-hydrogen) atoms. The second-order valence-electron chi connectivity index (χ2n) is 24.4. The Morgan fingerprint density at radius 1 is 0.699 bits per heavy atom. The Labute approximate surface area is 580 Å². The van der Waals surface area contributed by atoms with E-state index in [4.69, 9.17) is 71.6 Å². The molecule has 6 saturated heterocycles. The van der Waals surface area contributed by atoms with Gasteiger partial charge in [0, 0.05) is 38.6 Å². The third-order valence-electron chi connectivity index (χ3n) is 17.3. The van der Waals surface area contributed by atoms with E-state index in [2.05, 4.69) is 20.9 Å². The van der Waals surface area contributed by atoms with Crippen LogP contribution in [-0.2, 0) is 101 Å². The lowest BCUT2D eigenvalue weighted by atomic mass is 9.89. The average molecular weight is 1510 g/mol. The summed E-state index contributed by atoms with van der Waals surface area (Å²) in [5, 5.41) is 180. The van der Waals surface area contributed by atoms with Gasteiger partial charge in [0.2, 0.25) is 24.4 Å². The second kappa shape index (κ2) is 35.9. The number of nitrogens with zero attached hydrogens (tertiary/aromatic N) is 2. The maximum Gasteiger partial charge on any atom is 0.364 e. The van der Waals surface area contributed by atoms with Crippen molar-refractivity contribution >= 4 is 50.3 Å². The number of carboxylic acids is 1. The lowest BCUT2D eigenvalue weighted by molar-refractivity contribution is -0.398. The summed E-state index contributed by atoms with van der Waals surface area (Å²) in [7, 11) is -5.91. The van der Waals surface area contributed by atoms with Crippen molar-refractivity contribution < 1.29 is 186 Å². The molecule has 0 saturated carbocycles. The Balaban J connectivity index is 0.799. The van der Waals surface area contributed by atoms with E-state index in [1.54, 1.807) is 0 Å². The Hall–Kier alpha value is -6.17. The minimum atomic E-state index is -5.91. The molecule has 11 unspecified atom stereocenters. The molecule has 0 bridgehead atoms. The van der Waals surface area contributed by atoms with Crippen LogP contribution in [0.2, 0.25) is 0 Å². The molecule has 3 amide bonds. The number of aryl methyl sites for hydroxylation is 1. The van der Waals surface area contributed by atoms with Crippen LogP contribution in [0, 0.1) is 0 Å². The van der Waals surface area contributed by atoms with Crippen LogP contribution >= 0.6 is 7.82 Å². The third kappa shape index (κ3) is 19.5. The first-order valence-corrected chi connectivity index (χ1v) is 33.1. The number of hydrogen-bond donors (Lipinski definition) is 20. The molecule has 6 aliphatic rings. The molecule has 46 heteroatoms. The van der Waals surface area contributed by atoms with Crippen molar-refractivity contribution in [2.24, 2.45) is 0 Å². The highest BCUT2D eigenvalue weighted by atomic mass is 31.2. The molecule has 1 aromatic carbocycles. The van der Waals surface area contributed by atoms with Crippen LogP contribution in [0.5, 0.6) is 0 Å². The van der Waals surface area contributed by atoms with Crippen molar-refractivity contribution in [3.8, 4) is 0 Å². The van der Waals surface area contributed by atoms with E-state index in [0.29, 0.717) is 5.56 Å². The Morgan fingerprint density at radius 3 is 1.82 bits per heavy atom. The van der Waals surface area contributed by atoms with Crippen molar-refractivity contribution in [3.63, 3.8) is 0 Å². The predicted octanol–water partition coefficient (Wildman–Crippen LogP) is -12.4. The molecule has 0 radical (unpaired) electrons. The molecule has 21 N–H and O–H groups in total. The average Bonchev–Trinajstić information content (AvgIpc) is 1.44. The summed E-state index contributed by atoms with van der Waals surface area (Å²) in [6.45, 7) is -2.15. The van der Waals surface area contributed by atoms with E-state index in [-0.39, 0.29) is 50.1 Å².